The van der Waals surface area contributed by atoms with E-state index in [4.69, 9.17) is 16.4 Å². The van der Waals surface area contributed by atoms with Crippen LogP contribution in [-0.4, -0.2) is 11.6 Å². The Morgan fingerprint density at radius 1 is 1.58 bits per heavy atom. The van der Waals surface area contributed by atoms with Gasteiger partial charge in [-0.15, -0.1) is 0 Å². The fourth-order valence-corrected chi connectivity index (χ4v) is 1.43. The fourth-order valence-electron chi connectivity index (χ4n) is 1.25. The average molecular weight is 185 g/mol. The largest absolute Gasteiger partial charge is 0.301 e. The molecule has 1 aliphatic rings. The van der Waals surface area contributed by atoms with Crippen LogP contribution < -0.4 is 5.48 Å². The van der Waals surface area contributed by atoms with Crippen LogP contribution in [-0.2, 0) is 4.84 Å². The minimum atomic E-state index is 0.246. The number of rotatable bonds is 1. The summed E-state index contributed by atoms with van der Waals surface area (Å²) in [5.41, 5.74) is 3.98. The summed E-state index contributed by atoms with van der Waals surface area (Å²) in [6.07, 6.45) is 4.40. The topological polar surface area (TPSA) is 34.1 Å². The number of aromatic nitrogens is 1. The van der Waals surface area contributed by atoms with Crippen LogP contribution in [0.4, 0.5) is 0 Å². The second-order valence-electron chi connectivity index (χ2n) is 2.74. The van der Waals surface area contributed by atoms with Crippen LogP contribution in [0.3, 0.4) is 0 Å². The molecule has 1 N–H and O–H groups in total. The van der Waals surface area contributed by atoms with Crippen molar-refractivity contribution < 1.29 is 4.84 Å². The van der Waals surface area contributed by atoms with Gasteiger partial charge in [-0.1, -0.05) is 11.6 Å². The summed E-state index contributed by atoms with van der Waals surface area (Å²) in [7, 11) is 0. The van der Waals surface area contributed by atoms with E-state index in [1.165, 1.54) is 0 Å². The van der Waals surface area contributed by atoms with Gasteiger partial charge in [0.2, 0.25) is 0 Å². The van der Waals surface area contributed by atoms with Gasteiger partial charge in [0.05, 0.1) is 17.7 Å². The molecule has 1 aromatic heterocycles. The quantitative estimate of drug-likeness (QED) is 0.722. The summed E-state index contributed by atoms with van der Waals surface area (Å²) < 4.78 is 0. The molecule has 0 bridgehead atoms. The molecule has 2 heterocycles. The minimum Gasteiger partial charge on any atom is -0.301 e. The molecule has 1 fully saturated rings. The number of pyridine rings is 1. The van der Waals surface area contributed by atoms with Gasteiger partial charge in [-0.2, -0.15) is 5.48 Å². The molecule has 0 aromatic carbocycles. The molecule has 4 heteroatoms. The Morgan fingerprint density at radius 2 is 2.50 bits per heavy atom. The van der Waals surface area contributed by atoms with E-state index >= 15 is 0 Å². The highest BCUT2D eigenvalue weighted by atomic mass is 35.5. The average Bonchev–Trinajstić information content (AvgIpc) is 2.56. The molecular weight excluding hydrogens is 176 g/mol. The lowest BCUT2D eigenvalue weighted by atomic mass is 10.1. The van der Waals surface area contributed by atoms with Crippen LogP contribution in [0.25, 0.3) is 0 Å². The van der Waals surface area contributed by atoms with Gasteiger partial charge in [0, 0.05) is 12.4 Å². The second-order valence-corrected chi connectivity index (χ2v) is 3.18. The predicted molar refractivity (Wildman–Crippen MR) is 45.7 cm³/mol. The first-order chi connectivity index (χ1) is 5.86. The van der Waals surface area contributed by atoms with Gasteiger partial charge in [-0.25, -0.2) is 0 Å². The van der Waals surface area contributed by atoms with Crippen molar-refractivity contribution in [3.8, 4) is 0 Å². The van der Waals surface area contributed by atoms with Crippen molar-refractivity contribution in [1.82, 2.24) is 10.5 Å². The molecule has 3 nitrogen and oxygen atoms in total. The van der Waals surface area contributed by atoms with Crippen molar-refractivity contribution in [2.24, 2.45) is 0 Å². The molecule has 0 radical (unpaired) electrons. The van der Waals surface area contributed by atoms with E-state index in [1.54, 1.807) is 12.4 Å². The summed E-state index contributed by atoms with van der Waals surface area (Å²) in [4.78, 5) is 9.03. The summed E-state index contributed by atoms with van der Waals surface area (Å²) in [5.74, 6) is 0. The van der Waals surface area contributed by atoms with Crippen LogP contribution in [0.2, 0.25) is 5.02 Å². The van der Waals surface area contributed by atoms with Crippen molar-refractivity contribution in [3.63, 3.8) is 0 Å². The Balaban J connectivity index is 2.21. The molecule has 1 aromatic rings. The van der Waals surface area contributed by atoms with E-state index < -0.39 is 0 Å². The van der Waals surface area contributed by atoms with Crippen LogP contribution in [0, 0.1) is 0 Å². The molecule has 1 saturated heterocycles. The van der Waals surface area contributed by atoms with Gasteiger partial charge in [0.15, 0.2) is 0 Å². The monoisotopic (exact) mass is 184 g/mol. The molecular formula is C8H9ClN2O. The maximum Gasteiger partial charge on any atom is 0.0701 e. The second kappa shape index (κ2) is 3.39. The molecule has 1 atom stereocenters. The SMILES string of the molecule is Clc1cncc(C2CCON2)c1. The lowest BCUT2D eigenvalue weighted by Gasteiger charge is -2.07. The zero-order valence-corrected chi connectivity index (χ0v) is 7.21. The highest BCUT2D eigenvalue weighted by molar-refractivity contribution is 6.30. The third-order valence-electron chi connectivity index (χ3n) is 1.86. The fraction of sp³-hybridized carbons (Fsp3) is 0.375. The van der Waals surface area contributed by atoms with Gasteiger partial charge >= 0.3 is 0 Å². The van der Waals surface area contributed by atoms with Gasteiger partial charge < -0.3 is 4.84 Å². The van der Waals surface area contributed by atoms with Crippen LogP contribution in [0.1, 0.15) is 18.0 Å². The predicted octanol–water partition coefficient (Wildman–Crippen LogP) is 1.70. The van der Waals surface area contributed by atoms with Crippen LogP contribution in [0.5, 0.6) is 0 Å². The molecule has 64 valence electrons. The van der Waals surface area contributed by atoms with Crippen molar-refractivity contribution in [2.45, 2.75) is 12.5 Å². The Bertz CT molecular complexity index is 274. The Hall–Kier alpha value is -0.640. The number of halogens is 1. The number of hydrogen-bond acceptors (Lipinski definition) is 3. The summed E-state index contributed by atoms with van der Waals surface area (Å²) >= 11 is 5.79. The van der Waals surface area contributed by atoms with Crippen molar-refractivity contribution >= 4 is 11.6 Å². The maximum absolute atomic E-state index is 5.79. The molecule has 0 amide bonds. The Morgan fingerprint density at radius 3 is 3.17 bits per heavy atom. The first-order valence-corrected chi connectivity index (χ1v) is 4.22. The third kappa shape index (κ3) is 1.58. The summed E-state index contributed by atoms with van der Waals surface area (Å²) in [6, 6.07) is 2.15. The summed E-state index contributed by atoms with van der Waals surface area (Å²) in [5, 5.41) is 0.668. The zero-order valence-electron chi connectivity index (χ0n) is 6.46. The maximum atomic E-state index is 5.79. The van der Waals surface area contributed by atoms with Crippen molar-refractivity contribution in [1.29, 1.82) is 0 Å². The number of nitrogens with one attached hydrogen (secondary N) is 1. The van der Waals surface area contributed by atoms with E-state index in [0.717, 1.165) is 18.6 Å². The van der Waals surface area contributed by atoms with Gasteiger partial charge in [-0.05, 0) is 18.1 Å². The first-order valence-electron chi connectivity index (χ1n) is 3.84. The highest BCUT2D eigenvalue weighted by Gasteiger charge is 2.17. The molecule has 12 heavy (non-hydrogen) atoms. The Kier molecular flexibility index (Phi) is 2.26. The molecule has 0 saturated carbocycles. The third-order valence-corrected chi connectivity index (χ3v) is 2.07. The summed E-state index contributed by atoms with van der Waals surface area (Å²) in [6.45, 7) is 0.747. The molecule has 1 aliphatic heterocycles. The van der Waals surface area contributed by atoms with Gasteiger partial charge in [-0.3, -0.25) is 4.98 Å². The molecule has 0 aliphatic carbocycles. The molecule has 2 rings (SSSR count). The number of hydroxylamine groups is 1. The van der Waals surface area contributed by atoms with Gasteiger partial charge in [0.1, 0.15) is 0 Å². The smallest absolute Gasteiger partial charge is 0.0701 e. The van der Waals surface area contributed by atoms with Crippen LogP contribution >= 0.6 is 11.6 Å². The van der Waals surface area contributed by atoms with E-state index in [2.05, 4.69) is 10.5 Å². The normalized spacial score (nSPS) is 22.9. The van der Waals surface area contributed by atoms with E-state index in [1.807, 2.05) is 6.07 Å². The number of nitrogens with zero attached hydrogens (tertiary/aromatic N) is 1. The van der Waals surface area contributed by atoms with Crippen molar-refractivity contribution in [2.75, 3.05) is 6.61 Å². The van der Waals surface area contributed by atoms with E-state index in [9.17, 15) is 0 Å². The lowest BCUT2D eigenvalue weighted by Crippen LogP contribution is -2.11. The minimum absolute atomic E-state index is 0.246. The zero-order chi connectivity index (χ0) is 8.39. The van der Waals surface area contributed by atoms with E-state index in [-0.39, 0.29) is 6.04 Å². The molecule has 1 unspecified atom stereocenters. The van der Waals surface area contributed by atoms with Crippen LogP contribution in [0.15, 0.2) is 18.5 Å². The van der Waals surface area contributed by atoms with E-state index in [0.29, 0.717) is 5.02 Å². The first kappa shape index (κ1) is 7.98. The van der Waals surface area contributed by atoms with Crippen molar-refractivity contribution in [3.05, 3.63) is 29.0 Å². The Labute approximate surface area is 75.7 Å². The standard InChI is InChI=1S/C8H9ClN2O/c9-7-3-6(4-10-5-7)8-1-2-12-11-8/h3-5,8,11H,1-2H2. The number of hydrogen-bond donors (Lipinski definition) is 1. The lowest BCUT2D eigenvalue weighted by molar-refractivity contribution is 0.0882. The van der Waals surface area contributed by atoms with Gasteiger partial charge in [0.25, 0.3) is 0 Å². The molecule has 0 spiro atoms. The highest BCUT2D eigenvalue weighted by Crippen LogP contribution is 2.22.